The third-order valence-electron chi connectivity index (χ3n) is 6.76. The Morgan fingerprint density at radius 2 is 2.26 bits per heavy atom. The molecular weight excluding hydrogens is 343 g/mol. The fourth-order valence-corrected chi connectivity index (χ4v) is 5.74. The number of nitrogens with zero attached hydrogens (tertiary/aromatic N) is 3. The van der Waals surface area contributed by atoms with Crippen LogP contribution in [0.1, 0.15) is 38.2 Å². The SMILES string of the molecule is C[C@@H]1C[C@]2(O)CC[C@@H](C2)[C@@H]1C1=NN(CCO)B(O)c2cnc3[nH]ccc3c21. The van der Waals surface area contributed by atoms with Crippen LogP contribution in [0.25, 0.3) is 11.0 Å². The van der Waals surface area contributed by atoms with E-state index in [0.717, 1.165) is 53.5 Å². The minimum Gasteiger partial charge on any atom is -0.428 e. The van der Waals surface area contributed by atoms with Crippen molar-refractivity contribution in [2.24, 2.45) is 22.9 Å². The zero-order chi connectivity index (χ0) is 18.8. The first-order valence-corrected chi connectivity index (χ1v) is 9.83. The van der Waals surface area contributed by atoms with E-state index in [-0.39, 0.29) is 19.1 Å². The van der Waals surface area contributed by atoms with Gasteiger partial charge in [0.2, 0.25) is 0 Å². The molecule has 4 N–H and O–H groups in total. The molecule has 8 heteroatoms. The Kier molecular flexibility index (Phi) is 3.86. The Morgan fingerprint density at radius 1 is 1.41 bits per heavy atom. The molecule has 7 nitrogen and oxygen atoms in total. The summed E-state index contributed by atoms with van der Waals surface area (Å²) in [6.45, 7) is 2.39. The largest absolute Gasteiger partial charge is 0.468 e. The molecule has 0 saturated heterocycles. The smallest absolute Gasteiger partial charge is 0.428 e. The number of rotatable bonds is 3. The lowest BCUT2D eigenvalue weighted by Crippen LogP contribution is -2.55. The molecule has 0 amide bonds. The Bertz CT molecular complexity index is 915. The van der Waals surface area contributed by atoms with E-state index >= 15 is 0 Å². The van der Waals surface area contributed by atoms with Crippen molar-refractivity contribution in [1.29, 1.82) is 0 Å². The lowest BCUT2D eigenvalue weighted by atomic mass is 9.63. The second-order valence-electron chi connectivity index (χ2n) is 8.51. The summed E-state index contributed by atoms with van der Waals surface area (Å²) in [5.41, 5.74) is 2.95. The number of hydrogen-bond donors (Lipinski definition) is 4. The molecule has 2 aliphatic carbocycles. The predicted octanol–water partition coefficient (Wildman–Crippen LogP) is 0.450. The van der Waals surface area contributed by atoms with Crippen molar-refractivity contribution in [1.82, 2.24) is 14.9 Å². The number of aromatic amines is 1. The Balaban J connectivity index is 1.68. The number of β-amino-alcohol motifs (C(OH)–C–C–N with tert-alkyl or cyclic N) is 1. The van der Waals surface area contributed by atoms with E-state index in [1.54, 1.807) is 11.1 Å². The van der Waals surface area contributed by atoms with Crippen LogP contribution in [0.15, 0.2) is 23.6 Å². The van der Waals surface area contributed by atoms with Gasteiger partial charge in [-0.15, -0.1) is 0 Å². The molecule has 2 saturated carbocycles. The average molecular weight is 368 g/mol. The molecule has 2 aromatic rings. The molecule has 1 aliphatic heterocycles. The Labute approximate surface area is 158 Å². The molecule has 0 spiro atoms. The highest BCUT2D eigenvalue weighted by molar-refractivity contribution is 6.66. The van der Waals surface area contributed by atoms with Gasteiger partial charge in [0.05, 0.1) is 17.9 Å². The molecule has 5 rings (SSSR count). The lowest BCUT2D eigenvalue weighted by molar-refractivity contribution is -0.00750. The molecule has 0 radical (unpaired) electrons. The maximum Gasteiger partial charge on any atom is 0.468 e. The number of fused-ring (bicyclic) bond motifs is 5. The van der Waals surface area contributed by atoms with Gasteiger partial charge >= 0.3 is 7.05 Å². The number of nitrogens with one attached hydrogen (secondary N) is 1. The molecule has 3 heterocycles. The topological polar surface area (TPSA) is 105 Å². The second-order valence-corrected chi connectivity index (χ2v) is 8.51. The quantitative estimate of drug-likeness (QED) is 0.589. The van der Waals surface area contributed by atoms with Crippen molar-refractivity contribution in [2.75, 3.05) is 13.2 Å². The van der Waals surface area contributed by atoms with Crippen LogP contribution in [0.4, 0.5) is 0 Å². The summed E-state index contributed by atoms with van der Waals surface area (Å²) in [5, 5.41) is 36.9. The molecule has 2 fully saturated rings. The monoisotopic (exact) mass is 368 g/mol. The van der Waals surface area contributed by atoms with Crippen LogP contribution in [0.3, 0.4) is 0 Å². The summed E-state index contributed by atoms with van der Waals surface area (Å²) >= 11 is 0. The predicted molar refractivity (Wildman–Crippen MR) is 104 cm³/mol. The van der Waals surface area contributed by atoms with E-state index < -0.39 is 12.7 Å². The van der Waals surface area contributed by atoms with Crippen molar-refractivity contribution in [3.63, 3.8) is 0 Å². The van der Waals surface area contributed by atoms with E-state index in [1.165, 1.54) is 0 Å². The number of hydrazone groups is 1. The van der Waals surface area contributed by atoms with Gasteiger partial charge in [-0.2, -0.15) is 5.10 Å². The summed E-state index contributed by atoms with van der Waals surface area (Å²) in [6, 6.07) is 1.99. The summed E-state index contributed by atoms with van der Waals surface area (Å²) < 4.78 is 0. The molecule has 27 heavy (non-hydrogen) atoms. The van der Waals surface area contributed by atoms with Crippen molar-refractivity contribution in [3.8, 4) is 0 Å². The van der Waals surface area contributed by atoms with Gasteiger partial charge < -0.3 is 25.1 Å². The van der Waals surface area contributed by atoms with E-state index in [4.69, 9.17) is 5.10 Å². The van der Waals surface area contributed by atoms with Gasteiger partial charge in [0.15, 0.2) is 0 Å². The molecular formula is C19H25BN4O3. The van der Waals surface area contributed by atoms with Crippen LogP contribution in [-0.4, -0.2) is 61.6 Å². The van der Waals surface area contributed by atoms with Crippen molar-refractivity contribution >= 4 is 29.3 Å². The number of hydrogen-bond acceptors (Lipinski definition) is 6. The van der Waals surface area contributed by atoms with Crippen LogP contribution in [0, 0.1) is 17.8 Å². The van der Waals surface area contributed by atoms with Crippen LogP contribution in [-0.2, 0) is 0 Å². The standard InChI is InChI=1S/C19H25BN4O3/c1-11-8-19(26)4-2-12(9-19)15(11)17-16-13-3-5-21-18(13)22-10-14(16)20(27)24(23-17)6-7-25/h3,5,10-12,15,25-27H,2,4,6-9H2,1H3,(H,21,22)/t11-,12+,15-,19-/m1/s1. The van der Waals surface area contributed by atoms with Crippen LogP contribution < -0.4 is 5.46 Å². The second kappa shape index (κ2) is 6.05. The third-order valence-corrected chi connectivity index (χ3v) is 6.76. The average Bonchev–Trinajstić information content (AvgIpc) is 3.22. The van der Waals surface area contributed by atoms with Crippen molar-refractivity contribution in [3.05, 3.63) is 24.0 Å². The van der Waals surface area contributed by atoms with Gasteiger partial charge in [-0.05, 0) is 43.6 Å². The van der Waals surface area contributed by atoms with Gasteiger partial charge in [-0.25, -0.2) is 4.98 Å². The summed E-state index contributed by atoms with van der Waals surface area (Å²) in [5.74, 6) is 0.913. The minimum atomic E-state index is -0.915. The van der Waals surface area contributed by atoms with Gasteiger partial charge in [0.25, 0.3) is 0 Å². The molecule has 2 bridgehead atoms. The summed E-state index contributed by atoms with van der Waals surface area (Å²) in [7, 11) is -0.915. The van der Waals surface area contributed by atoms with Gasteiger partial charge in [-0.1, -0.05) is 6.92 Å². The number of aliphatic hydroxyl groups is 2. The van der Waals surface area contributed by atoms with Crippen molar-refractivity contribution in [2.45, 2.75) is 38.2 Å². The highest BCUT2D eigenvalue weighted by Gasteiger charge is 2.51. The Morgan fingerprint density at radius 3 is 3.07 bits per heavy atom. The number of pyridine rings is 1. The first-order valence-electron chi connectivity index (χ1n) is 9.83. The van der Waals surface area contributed by atoms with Gasteiger partial charge in [0.1, 0.15) is 5.65 Å². The molecule has 142 valence electrons. The zero-order valence-electron chi connectivity index (χ0n) is 15.5. The van der Waals surface area contributed by atoms with Gasteiger partial charge in [0, 0.05) is 41.3 Å². The Hall–Kier alpha value is -1.90. The first-order chi connectivity index (χ1) is 13.0. The summed E-state index contributed by atoms with van der Waals surface area (Å²) in [4.78, 5) is 9.18. The highest BCUT2D eigenvalue weighted by atomic mass is 16.3. The molecule has 0 aromatic carbocycles. The van der Waals surface area contributed by atoms with E-state index in [2.05, 4.69) is 16.9 Å². The fourth-order valence-electron chi connectivity index (χ4n) is 5.74. The number of H-pyrrole nitrogens is 1. The zero-order valence-corrected chi connectivity index (χ0v) is 15.5. The molecule has 3 aliphatic rings. The lowest BCUT2D eigenvalue weighted by Gasteiger charge is -2.41. The highest BCUT2D eigenvalue weighted by Crippen LogP contribution is 2.52. The molecule has 2 aromatic heterocycles. The van der Waals surface area contributed by atoms with E-state index in [9.17, 15) is 15.2 Å². The first kappa shape index (κ1) is 17.2. The maximum absolute atomic E-state index is 10.8. The minimum absolute atomic E-state index is 0.0770. The summed E-state index contributed by atoms with van der Waals surface area (Å²) in [6.07, 6.45) is 7.05. The maximum atomic E-state index is 10.8. The van der Waals surface area contributed by atoms with Crippen LogP contribution in [0.2, 0.25) is 0 Å². The third kappa shape index (κ3) is 2.54. The van der Waals surface area contributed by atoms with E-state index in [1.807, 2.05) is 12.3 Å². The van der Waals surface area contributed by atoms with Gasteiger partial charge in [-0.3, -0.25) is 0 Å². The number of aromatic nitrogens is 2. The van der Waals surface area contributed by atoms with E-state index in [0.29, 0.717) is 11.8 Å². The molecule has 0 unspecified atom stereocenters. The molecule has 4 atom stereocenters. The fraction of sp³-hybridized carbons (Fsp3) is 0.579. The van der Waals surface area contributed by atoms with Crippen LogP contribution >= 0.6 is 0 Å². The normalized spacial score (nSPS) is 32.7. The van der Waals surface area contributed by atoms with Crippen LogP contribution in [0.5, 0.6) is 0 Å². The van der Waals surface area contributed by atoms with Crippen molar-refractivity contribution < 1.29 is 15.2 Å². The number of aliphatic hydroxyl groups excluding tert-OH is 1.